The van der Waals surface area contributed by atoms with E-state index in [1.165, 1.54) is 0 Å². The summed E-state index contributed by atoms with van der Waals surface area (Å²) < 4.78 is 0. The fourth-order valence-corrected chi connectivity index (χ4v) is 2.07. The van der Waals surface area contributed by atoms with Crippen molar-refractivity contribution in [3.63, 3.8) is 0 Å². The molecule has 0 spiro atoms. The van der Waals surface area contributed by atoms with Gasteiger partial charge in [0.15, 0.2) is 0 Å². The van der Waals surface area contributed by atoms with E-state index in [0.717, 1.165) is 25.8 Å². The summed E-state index contributed by atoms with van der Waals surface area (Å²) in [5.74, 6) is -0.387. The van der Waals surface area contributed by atoms with Crippen LogP contribution >= 0.6 is 0 Å². The van der Waals surface area contributed by atoms with Crippen molar-refractivity contribution in [1.29, 1.82) is 5.26 Å². The Labute approximate surface area is 85.7 Å². The van der Waals surface area contributed by atoms with Crippen LogP contribution in [0.25, 0.3) is 0 Å². The molecule has 14 heavy (non-hydrogen) atoms. The lowest BCUT2D eigenvalue weighted by Gasteiger charge is -2.25. The largest absolute Gasteiger partial charge is 0.339 e. The summed E-state index contributed by atoms with van der Waals surface area (Å²) >= 11 is 0. The highest BCUT2D eigenvalue weighted by atomic mass is 16.2. The zero-order valence-electron chi connectivity index (χ0n) is 8.99. The van der Waals surface area contributed by atoms with Crippen LogP contribution < -0.4 is 0 Å². The number of amides is 1. The Balaban J connectivity index is 2.64. The van der Waals surface area contributed by atoms with Gasteiger partial charge in [0.2, 0.25) is 5.91 Å². The predicted molar refractivity (Wildman–Crippen MR) is 54.4 cm³/mol. The van der Waals surface area contributed by atoms with Crippen LogP contribution in [0.1, 0.15) is 39.5 Å². The first-order chi connectivity index (χ1) is 6.74. The van der Waals surface area contributed by atoms with Crippen molar-refractivity contribution in [2.75, 3.05) is 6.54 Å². The quantitative estimate of drug-likeness (QED) is 0.689. The van der Waals surface area contributed by atoms with Gasteiger partial charge in [-0.05, 0) is 25.7 Å². The molecule has 0 N–H and O–H groups in total. The van der Waals surface area contributed by atoms with Crippen LogP contribution in [0.4, 0.5) is 0 Å². The van der Waals surface area contributed by atoms with Crippen molar-refractivity contribution >= 4 is 5.91 Å². The number of carbonyl (C=O) groups excluding carboxylic acids is 1. The molecule has 0 saturated carbocycles. The van der Waals surface area contributed by atoms with Gasteiger partial charge in [-0.15, -0.1) is 0 Å². The minimum Gasteiger partial charge on any atom is -0.339 e. The van der Waals surface area contributed by atoms with Crippen molar-refractivity contribution in [2.24, 2.45) is 5.92 Å². The van der Waals surface area contributed by atoms with Gasteiger partial charge in [0.25, 0.3) is 0 Å². The van der Waals surface area contributed by atoms with Gasteiger partial charge in [0.1, 0.15) is 5.92 Å². The molecule has 1 saturated heterocycles. The minimum absolute atomic E-state index is 0.0411. The van der Waals surface area contributed by atoms with E-state index < -0.39 is 5.92 Å². The van der Waals surface area contributed by atoms with E-state index in [1.807, 2.05) is 11.8 Å². The molecule has 3 nitrogen and oxygen atoms in total. The third-order valence-corrected chi connectivity index (χ3v) is 2.99. The number of nitrogens with zero attached hydrogens (tertiary/aromatic N) is 2. The van der Waals surface area contributed by atoms with Crippen molar-refractivity contribution < 1.29 is 4.79 Å². The summed E-state index contributed by atoms with van der Waals surface area (Å²) in [5, 5.41) is 8.82. The average Bonchev–Trinajstić information content (AvgIpc) is 2.67. The molecular formula is C11H18N2O. The van der Waals surface area contributed by atoms with Gasteiger partial charge in [-0.2, -0.15) is 5.26 Å². The summed E-state index contributed by atoms with van der Waals surface area (Å²) in [6.07, 6.45) is 3.83. The number of hydrogen-bond acceptors (Lipinski definition) is 2. The standard InChI is InChI=1S/C11H18N2O/c1-3-9(8-12)11(14)13-7-5-6-10(13)4-2/h9-10H,3-7H2,1-2H3. The number of carbonyl (C=O) groups is 1. The van der Waals surface area contributed by atoms with Crippen molar-refractivity contribution in [3.8, 4) is 6.07 Å². The Hall–Kier alpha value is -1.04. The van der Waals surface area contributed by atoms with Gasteiger partial charge in [0, 0.05) is 12.6 Å². The van der Waals surface area contributed by atoms with Crippen molar-refractivity contribution in [2.45, 2.75) is 45.6 Å². The van der Waals surface area contributed by atoms with E-state index in [2.05, 4.69) is 13.0 Å². The number of rotatable bonds is 3. The smallest absolute Gasteiger partial charge is 0.240 e. The molecule has 1 heterocycles. The molecule has 0 aliphatic carbocycles. The van der Waals surface area contributed by atoms with E-state index in [9.17, 15) is 4.79 Å². The Morgan fingerprint density at radius 2 is 2.36 bits per heavy atom. The molecule has 1 amide bonds. The maximum atomic E-state index is 11.9. The SMILES string of the molecule is CCC(C#N)C(=O)N1CCCC1CC. The topological polar surface area (TPSA) is 44.1 Å². The van der Waals surface area contributed by atoms with Crippen LogP contribution in [0.3, 0.4) is 0 Å². The van der Waals surface area contributed by atoms with Gasteiger partial charge in [0.05, 0.1) is 6.07 Å². The Bertz CT molecular complexity index is 244. The molecule has 1 rings (SSSR count). The number of nitriles is 1. The third-order valence-electron chi connectivity index (χ3n) is 2.99. The van der Waals surface area contributed by atoms with Crippen molar-refractivity contribution in [3.05, 3.63) is 0 Å². The van der Waals surface area contributed by atoms with Gasteiger partial charge in [-0.1, -0.05) is 13.8 Å². The van der Waals surface area contributed by atoms with Gasteiger partial charge >= 0.3 is 0 Å². The second-order valence-electron chi connectivity index (χ2n) is 3.83. The van der Waals surface area contributed by atoms with Crippen LogP contribution in [-0.2, 0) is 4.79 Å². The van der Waals surface area contributed by atoms with Crippen LogP contribution in [0.15, 0.2) is 0 Å². The highest BCUT2D eigenvalue weighted by Gasteiger charge is 2.31. The molecule has 2 atom stereocenters. The monoisotopic (exact) mass is 194 g/mol. The first-order valence-electron chi connectivity index (χ1n) is 5.44. The summed E-state index contributed by atoms with van der Waals surface area (Å²) in [4.78, 5) is 13.8. The Morgan fingerprint density at radius 3 is 2.86 bits per heavy atom. The number of hydrogen-bond donors (Lipinski definition) is 0. The first kappa shape index (κ1) is 11.0. The molecule has 1 fully saturated rings. The maximum absolute atomic E-state index is 11.9. The van der Waals surface area contributed by atoms with Crippen LogP contribution in [-0.4, -0.2) is 23.4 Å². The van der Waals surface area contributed by atoms with Gasteiger partial charge in [-0.3, -0.25) is 4.79 Å². The lowest BCUT2D eigenvalue weighted by molar-refractivity contribution is -0.134. The molecule has 0 aromatic rings. The van der Waals surface area contributed by atoms with E-state index in [4.69, 9.17) is 5.26 Å². The summed E-state index contributed by atoms with van der Waals surface area (Å²) in [6.45, 7) is 4.84. The zero-order chi connectivity index (χ0) is 10.6. The summed E-state index contributed by atoms with van der Waals surface area (Å²) in [7, 11) is 0. The Kier molecular flexibility index (Phi) is 3.94. The molecule has 0 radical (unpaired) electrons. The van der Waals surface area contributed by atoms with E-state index in [-0.39, 0.29) is 5.91 Å². The van der Waals surface area contributed by atoms with Gasteiger partial charge in [-0.25, -0.2) is 0 Å². The lowest BCUT2D eigenvalue weighted by Crippen LogP contribution is -2.38. The average molecular weight is 194 g/mol. The van der Waals surface area contributed by atoms with E-state index >= 15 is 0 Å². The molecule has 3 heteroatoms. The highest BCUT2D eigenvalue weighted by Crippen LogP contribution is 2.22. The second-order valence-corrected chi connectivity index (χ2v) is 3.83. The zero-order valence-corrected chi connectivity index (χ0v) is 8.99. The summed E-state index contributed by atoms with van der Waals surface area (Å²) in [5.41, 5.74) is 0. The first-order valence-corrected chi connectivity index (χ1v) is 5.44. The number of likely N-dealkylation sites (tertiary alicyclic amines) is 1. The summed E-state index contributed by atoms with van der Waals surface area (Å²) in [6, 6.07) is 2.46. The molecule has 0 bridgehead atoms. The third kappa shape index (κ3) is 2.06. The van der Waals surface area contributed by atoms with Crippen molar-refractivity contribution in [1.82, 2.24) is 4.90 Å². The van der Waals surface area contributed by atoms with Crippen LogP contribution in [0.5, 0.6) is 0 Å². The molecule has 0 aromatic heterocycles. The van der Waals surface area contributed by atoms with E-state index in [1.54, 1.807) is 0 Å². The van der Waals surface area contributed by atoms with E-state index in [0.29, 0.717) is 12.5 Å². The molecule has 1 aliphatic rings. The maximum Gasteiger partial charge on any atom is 0.240 e. The van der Waals surface area contributed by atoms with Crippen LogP contribution in [0.2, 0.25) is 0 Å². The molecule has 0 aromatic carbocycles. The molecular weight excluding hydrogens is 176 g/mol. The van der Waals surface area contributed by atoms with Gasteiger partial charge < -0.3 is 4.90 Å². The second kappa shape index (κ2) is 4.99. The Morgan fingerprint density at radius 1 is 1.64 bits per heavy atom. The highest BCUT2D eigenvalue weighted by molar-refractivity contribution is 5.81. The fourth-order valence-electron chi connectivity index (χ4n) is 2.07. The fraction of sp³-hybridized carbons (Fsp3) is 0.818. The molecule has 1 aliphatic heterocycles. The molecule has 78 valence electrons. The lowest BCUT2D eigenvalue weighted by atomic mass is 10.1. The molecule has 2 unspecified atom stereocenters. The normalized spacial score (nSPS) is 23.2. The van der Waals surface area contributed by atoms with Crippen LogP contribution in [0, 0.1) is 17.2 Å². The predicted octanol–water partition coefficient (Wildman–Crippen LogP) is 1.94. The minimum atomic E-state index is -0.429.